The second-order valence-electron chi connectivity index (χ2n) is 7.19. The van der Waals surface area contributed by atoms with Crippen LogP contribution in [0.25, 0.3) is 0 Å². The van der Waals surface area contributed by atoms with Gasteiger partial charge in [-0.05, 0) is 37.8 Å². The first kappa shape index (κ1) is 18.9. The van der Waals surface area contributed by atoms with Crippen molar-refractivity contribution in [1.29, 1.82) is 0 Å². The molecule has 7 heteroatoms. The summed E-state index contributed by atoms with van der Waals surface area (Å²) < 4.78 is 28.9. The van der Waals surface area contributed by atoms with E-state index in [2.05, 4.69) is 0 Å². The molecule has 0 spiro atoms. The summed E-state index contributed by atoms with van der Waals surface area (Å²) in [5.41, 5.74) is 1.23. The summed E-state index contributed by atoms with van der Waals surface area (Å²) in [6, 6.07) is 6.82. The Kier molecular flexibility index (Phi) is 5.65. The first-order valence-corrected chi connectivity index (χ1v) is 10.9. The van der Waals surface area contributed by atoms with Gasteiger partial charge in [0.1, 0.15) is 0 Å². The number of sulfone groups is 1. The number of carbonyl (C=O) groups is 2. The van der Waals surface area contributed by atoms with E-state index in [1.165, 1.54) is 0 Å². The smallest absolute Gasteiger partial charge is 0.338 e. The van der Waals surface area contributed by atoms with Crippen molar-refractivity contribution < 1.29 is 22.7 Å². The summed E-state index contributed by atoms with van der Waals surface area (Å²) in [5, 5.41) is 0. The van der Waals surface area contributed by atoms with Crippen molar-refractivity contribution in [1.82, 2.24) is 4.90 Å². The molecule has 1 aliphatic heterocycles. The normalized spacial score (nSPS) is 22.3. The fraction of sp³-hybridized carbons (Fsp3) is 0.579. The Balaban J connectivity index is 1.68. The number of hydrogen-bond donors (Lipinski definition) is 0. The van der Waals surface area contributed by atoms with Crippen LogP contribution in [0.2, 0.25) is 0 Å². The molecular formula is C19H25NO5S. The first-order valence-electron chi connectivity index (χ1n) is 9.12. The van der Waals surface area contributed by atoms with Gasteiger partial charge in [-0.25, -0.2) is 13.2 Å². The summed E-state index contributed by atoms with van der Waals surface area (Å²) in [7, 11) is -3.09. The number of hydrogen-bond acceptors (Lipinski definition) is 5. The number of ether oxygens (including phenoxy) is 1. The van der Waals surface area contributed by atoms with E-state index in [1.807, 2.05) is 19.1 Å². The molecule has 1 aliphatic carbocycles. The average molecular weight is 379 g/mol. The van der Waals surface area contributed by atoms with Crippen LogP contribution in [-0.2, 0) is 19.4 Å². The second-order valence-corrected chi connectivity index (χ2v) is 9.42. The topological polar surface area (TPSA) is 80.8 Å². The van der Waals surface area contributed by atoms with Crippen LogP contribution in [0.4, 0.5) is 0 Å². The number of carbonyl (C=O) groups excluding carboxylic acids is 2. The molecule has 0 radical (unpaired) electrons. The van der Waals surface area contributed by atoms with Gasteiger partial charge >= 0.3 is 5.97 Å². The Labute approximate surface area is 154 Å². The minimum Gasteiger partial charge on any atom is -0.452 e. The molecule has 2 aliphatic rings. The van der Waals surface area contributed by atoms with E-state index in [0.29, 0.717) is 12.0 Å². The van der Waals surface area contributed by atoms with Gasteiger partial charge in [-0.1, -0.05) is 31.0 Å². The van der Waals surface area contributed by atoms with E-state index < -0.39 is 15.8 Å². The number of aryl methyl sites for hydroxylation is 1. The van der Waals surface area contributed by atoms with Gasteiger partial charge in [-0.15, -0.1) is 0 Å². The van der Waals surface area contributed by atoms with Crippen LogP contribution < -0.4 is 0 Å². The third-order valence-corrected chi connectivity index (χ3v) is 7.05. The van der Waals surface area contributed by atoms with E-state index >= 15 is 0 Å². The molecule has 1 aromatic rings. The fourth-order valence-electron chi connectivity index (χ4n) is 3.96. The maximum absolute atomic E-state index is 12.8. The van der Waals surface area contributed by atoms with Crippen molar-refractivity contribution in [3.63, 3.8) is 0 Å². The lowest BCUT2D eigenvalue weighted by Gasteiger charge is -2.33. The predicted molar refractivity (Wildman–Crippen MR) is 97.6 cm³/mol. The third kappa shape index (κ3) is 4.26. The monoisotopic (exact) mass is 379 g/mol. The molecular weight excluding hydrogens is 354 g/mol. The number of benzene rings is 1. The number of nitrogens with zero attached hydrogens (tertiary/aromatic N) is 1. The molecule has 0 bridgehead atoms. The average Bonchev–Trinajstić information content (AvgIpc) is 3.23. The Morgan fingerprint density at radius 3 is 2.42 bits per heavy atom. The Bertz CT molecular complexity index is 783. The zero-order chi connectivity index (χ0) is 18.7. The molecule has 142 valence electrons. The SMILES string of the molecule is Cc1ccccc1C(=O)OCC(=O)N(C1CCCC1)[C@@H]1CCS(=O)(=O)C1. The highest BCUT2D eigenvalue weighted by atomic mass is 32.2. The lowest BCUT2D eigenvalue weighted by atomic mass is 10.1. The molecule has 6 nitrogen and oxygen atoms in total. The van der Waals surface area contributed by atoms with Crippen LogP contribution in [0.5, 0.6) is 0 Å². The lowest BCUT2D eigenvalue weighted by molar-refractivity contribution is -0.139. The van der Waals surface area contributed by atoms with E-state index in [9.17, 15) is 18.0 Å². The third-order valence-electron chi connectivity index (χ3n) is 5.30. The van der Waals surface area contributed by atoms with Gasteiger partial charge in [0.2, 0.25) is 0 Å². The molecule has 2 fully saturated rings. The van der Waals surface area contributed by atoms with Crippen LogP contribution >= 0.6 is 0 Å². The van der Waals surface area contributed by atoms with Crippen molar-refractivity contribution in [3.8, 4) is 0 Å². The van der Waals surface area contributed by atoms with Crippen LogP contribution in [0.1, 0.15) is 48.0 Å². The van der Waals surface area contributed by atoms with E-state index in [4.69, 9.17) is 4.74 Å². The Morgan fingerprint density at radius 1 is 1.12 bits per heavy atom. The lowest BCUT2D eigenvalue weighted by Crippen LogP contribution is -2.48. The van der Waals surface area contributed by atoms with E-state index in [-0.39, 0.29) is 36.1 Å². The molecule has 1 aromatic carbocycles. The molecule has 0 N–H and O–H groups in total. The van der Waals surface area contributed by atoms with Crippen molar-refractivity contribution >= 4 is 21.7 Å². The highest BCUT2D eigenvalue weighted by molar-refractivity contribution is 7.91. The van der Waals surface area contributed by atoms with Crippen molar-refractivity contribution in [2.75, 3.05) is 18.1 Å². The van der Waals surface area contributed by atoms with Gasteiger partial charge < -0.3 is 9.64 Å². The summed E-state index contributed by atoms with van der Waals surface area (Å²) >= 11 is 0. The maximum Gasteiger partial charge on any atom is 0.338 e. The van der Waals surface area contributed by atoms with Gasteiger partial charge in [0.05, 0.1) is 17.1 Å². The molecule has 1 saturated carbocycles. The molecule has 1 saturated heterocycles. The number of amides is 1. The zero-order valence-electron chi connectivity index (χ0n) is 15.0. The first-order chi connectivity index (χ1) is 12.4. The van der Waals surface area contributed by atoms with Crippen molar-refractivity contribution in [3.05, 3.63) is 35.4 Å². The van der Waals surface area contributed by atoms with E-state index in [1.54, 1.807) is 17.0 Å². The predicted octanol–water partition coefficient (Wildman–Crippen LogP) is 2.11. The minimum absolute atomic E-state index is 0.0149. The van der Waals surface area contributed by atoms with Gasteiger partial charge in [-0.2, -0.15) is 0 Å². The van der Waals surface area contributed by atoms with Crippen LogP contribution in [0.15, 0.2) is 24.3 Å². The highest BCUT2D eigenvalue weighted by Crippen LogP contribution is 2.29. The molecule has 1 heterocycles. The van der Waals surface area contributed by atoms with Crippen LogP contribution in [0, 0.1) is 6.92 Å². The van der Waals surface area contributed by atoms with Crippen LogP contribution in [0.3, 0.4) is 0 Å². The molecule has 1 atom stereocenters. The summed E-state index contributed by atoms with van der Waals surface area (Å²) in [5.74, 6) is -0.680. The second kappa shape index (κ2) is 7.78. The quantitative estimate of drug-likeness (QED) is 0.732. The number of esters is 1. The van der Waals surface area contributed by atoms with Gasteiger partial charge in [0.25, 0.3) is 5.91 Å². The van der Waals surface area contributed by atoms with Gasteiger partial charge in [-0.3, -0.25) is 4.79 Å². The maximum atomic E-state index is 12.8. The van der Waals surface area contributed by atoms with Gasteiger partial charge in [0, 0.05) is 12.1 Å². The summed E-state index contributed by atoms with van der Waals surface area (Å²) in [4.78, 5) is 26.7. The van der Waals surface area contributed by atoms with Crippen LogP contribution in [-0.4, -0.2) is 55.4 Å². The minimum atomic E-state index is -3.09. The molecule has 1 amide bonds. The largest absolute Gasteiger partial charge is 0.452 e. The van der Waals surface area contributed by atoms with Crippen molar-refractivity contribution in [2.45, 2.75) is 51.1 Å². The highest BCUT2D eigenvalue weighted by Gasteiger charge is 2.39. The zero-order valence-corrected chi connectivity index (χ0v) is 15.8. The summed E-state index contributed by atoms with van der Waals surface area (Å²) in [6.07, 6.45) is 4.31. The molecule has 0 aromatic heterocycles. The molecule has 3 rings (SSSR count). The Hall–Kier alpha value is -1.89. The summed E-state index contributed by atoms with van der Waals surface area (Å²) in [6.45, 7) is 1.47. The standard InChI is InChI=1S/C19H25NO5S/c1-14-6-2-5-9-17(14)19(22)25-12-18(21)20(15-7-3-4-8-15)16-10-11-26(23,24)13-16/h2,5-6,9,15-16H,3-4,7-8,10-13H2,1H3/t16-/m1/s1. The fourth-order valence-corrected chi connectivity index (χ4v) is 5.68. The Morgan fingerprint density at radius 2 is 1.81 bits per heavy atom. The molecule has 0 unspecified atom stereocenters. The van der Waals surface area contributed by atoms with Gasteiger partial charge in [0.15, 0.2) is 16.4 Å². The van der Waals surface area contributed by atoms with E-state index in [0.717, 1.165) is 31.2 Å². The van der Waals surface area contributed by atoms with Crippen molar-refractivity contribution in [2.24, 2.45) is 0 Å². The number of rotatable bonds is 5. The molecule has 26 heavy (non-hydrogen) atoms.